The molecule has 1 aliphatic heterocycles. The van der Waals surface area contributed by atoms with Crippen molar-refractivity contribution in [3.05, 3.63) is 59.7 Å². The molecule has 0 radical (unpaired) electrons. The zero-order valence-corrected chi connectivity index (χ0v) is 14.7. The van der Waals surface area contributed by atoms with Crippen LogP contribution >= 0.6 is 0 Å². The molecule has 1 atom stereocenters. The number of para-hydroxylation sites is 1. The molecule has 0 aromatic heterocycles. The van der Waals surface area contributed by atoms with Gasteiger partial charge >= 0.3 is 0 Å². The van der Waals surface area contributed by atoms with Gasteiger partial charge < -0.3 is 15.1 Å². The van der Waals surface area contributed by atoms with Gasteiger partial charge in [0.15, 0.2) is 13.1 Å². The second-order valence-corrected chi connectivity index (χ2v) is 6.65. The molecule has 1 unspecified atom stereocenters. The highest BCUT2D eigenvalue weighted by molar-refractivity contribution is 5.96. The maximum atomic E-state index is 12.6. The van der Waals surface area contributed by atoms with Gasteiger partial charge in [0, 0.05) is 17.9 Å². The van der Waals surface area contributed by atoms with Gasteiger partial charge in [-0.3, -0.25) is 9.59 Å². The minimum Gasteiger partial charge on any atom is -0.322 e. The van der Waals surface area contributed by atoms with Crippen LogP contribution in [0.15, 0.2) is 48.5 Å². The Kier molecular flexibility index (Phi) is 5.14. The van der Waals surface area contributed by atoms with E-state index in [4.69, 9.17) is 0 Å². The molecule has 2 amide bonds. The number of quaternary nitrogens is 1. The number of amides is 2. The van der Waals surface area contributed by atoms with Crippen LogP contribution in [0.4, 0.5) is 11.4 Å². The Hall–Kier alpha value is -2.66. The SMILES string of the molecule is Cc1ccc(NC(=O)C[NH+](C)CC(=O)N2CCc3ccccc32)cc1. The van der Waals surface area contributed by atoms with Crippen molar-refractivity contribution in [1.82, 2.24) is 0 Å². The number of anilines is 2. The van der Waals surface area contributed by atoms with Crippen molar-refractivity contribution < 1.29 is 14.5 Å². The fourth-order valence-corrected chi connectivity index (χ4v) is 3.13. The third-order valence-corrected chi connectivity index (χ3v) is 4.44. The van der Waals surface area contributed by atoms with Crippen LogP contribution < -0.4 is 15.1 Å². The fraction of sp³-hybridized carbons (Fsp3) is 0.300. The zero-order valence-electron chi connectivity index (χ0n) is 14.7. The van der Waals surface area contributed by atoms with Gasteiger partial charge in [0.2, 0.25) is 0 Å². The van der Waals surface area contributed by atoms with E-state index in [1.807, 2.05) is 61.3 Å². The van der Waals surface area contributed by atoms with Crippen molar-refractivity contribution in [2.45, 2.75) is 13.3 Å². The highest BCUT2D eigenvalue weighted by Gasteiger charge is 2.26. The van der Waals surface area contributed by atoms with Gasteiger partial charge in [0.25, 0.3) is 11.8 Å². The third-order valence-electron chi connectivity index (χ3n) is 4.44. The standard InChI is InChI=1S/C20H23N3O2/c1-15-7-9-17(10-8-15)21-19(24)13-22(2)14-20(25)23-12-11-16-5-3-4-6-18(16)23/h3-10H,11-14H2,1-2H3,(H,21,24)/p+1. The van der Waals surface area contributed by atoms with Crippen LogP contribution in [0.25, 0.3) is 0 Å². The normalized spacial score (nSPS) is 14.1. The molecular formula is C20H24N3O2+. The first-order valence-corrected chi connectivity index (χ1v) is 8.59. The van der Waals surface area contributed by atoms with Gasteiger partial charge in [0.1, 0.15) is 0 Å². The van der Waals surface area contributed by atoms with Crippen molar-refractivity contribution in [2.24, 2.45) is 0 Å². The Morgan fingerprint density at radius 1 is 1.08 bits per heavy atom. The summed E-state index contributed by atoms with van der Waals surface area (Å²) >= 11 is 0. The Balaban J connectivity index is 1.52. The molecule has 5 heteroatoms. The van der Waals surface area contributed by atoms with E-state index >= 15 is 0 Å². The van der Waals surface area contributed by atoms with E-state index in [-0.39, 0.29) is 18.4 Å². The number of benzene rings is 2. The predicted octanol–water partition coefficient (Wildman–Crippen LogP) is 1.04. The molecule has 1 aliphatic rings. The summed E-state index contributed by atoms with van der Waals surface area (Å²) in [4.78, 5) is 27.4. The second-order valence-electron chi connectivity index (χ2n) is 6.65. The molecular weight excluding hydrogens is 314 g/mol. The molecule has 0 fully saturated rings. The Bertz CT molecular complexity index is 771. The Morgan fingerprint density at radius 3 is 2.56 bits per heavy atom. The summed E-state index contributed by atoms with van der Waals surface area (Å²) in [5.41, 5.74) is 4.15. The van der Waals surface area contributed by atoms with Crippen LogP contribution in [-0.2, 0) is 16.0 Å². The molecule has 2 aromatic carbocycles. The van der Waals surface area contributed by atoms with Crippen LogP contribution in [0.1, 0.15) is 11.1 Å². The van der Waals surface area contributed by atoms with Gasteiger partial charge in [0.05, 0.1) is 7.05 Å². The number of likely N-dealkylation sites (N-methyl/N-ethyl adjacent to an activating group) is 1. The van der Waals surface area contributed by atoms with Crippen molar-refractivity contribution >= 4 is 23.2 Å². The van der Waals surface area contributed by atoms with Crippen LogP contribution in [0, 0.1) is 6.92 Å². The summed E-state index contributed by atoms with van der Waals surface area (Å²) in [6.07, 6.45) is 0.898. The maximum Gasteiger partial charge on any atom is 0.282 e. The molecule has 0 bridgehead atoms. The van der Waals surface area contributed by atoms with Crippen LogP contribution in [0.2, 0.25) is 0 Å². The molecule has 1 heterocycles. The Morgan fingerprint density at radius 2 is 1.80 bits per heavy atom. The molecule has 2 N–H and O–H groups in total. The van der Waals surface area contributed by atoms with E-state index in [1.54, 1.807) is 0 Å². The molecule has 5 nitrogen and oxygen atoms in total. The first kappa shape index (κ1) is 17.2. The molecule has 0 spiro atoms. The molecule has 3 rings (SSSR count). The van der Waals surface area contributed by atoms with Gasteiger partial charge in [-0.1, -0.05) is 35.9 Å². The summed E-state index contributed by atoms with van der Waals surface area (Å²) in [5.74, 6) is -0.0263. The summed E-state index contributed by atoms with van der Waals surface area (Å²) < 4.78 is 0. The van der Waals surface area contributed by atoms with Crippen molar-refractivity contribution in [3.63, 3.8) is 0 Å². The van der Waals surface area contributed by atoms with E-state index in [0.29, 0.717) is 6.54 Å². The number of hydrogen-bond donors (Lipinski definition) is 2. The lowest BCUT2D eigenvalue weighted by atomic mass is 10.2. The first-order valence-electron chi connectivity index (χ1n) is 8.59. The van der Waals surface area contributed by atoms with Gasteiger partial charge in [-0.15, -0.1) is 0 Å². The molecule has 2 aromatic rings. The van der Waals surface area contributed by atoms with Crippen molar-refractivity contribution in [3.8, 4) is 0 Å². The highest BCUT2D eigenvalue weighted by atomic mass is 16.2. The number of hydrogen-bond acceptors (Lipinski definition) is 2. The number of nitrogens with zero attached hydrogens (tertiary/aromatic N) is 1. The van der Waals surface area contributed by atoms with Crippen molar-refractivity contribution in [2.75, 3.05) is 36.9 Å². The van der Waals surface area contributed by atoms with Gasteiger partial charge in [-0.2, -0.15) is 0 Å². The monoisotopic (exact) mass is 338 g/mol. The first-order chi connectivity index (χ1) is 12.0. The summed E-state index contributed by atoms with van der Waals surface area (Å²) in [5, 5.41) is 2.87. The summed E-state index contributed by atoms with van der Waals surface area (Å²) in [6, 6.07) is 15.7. The summed E-state index contributed by atoms with van der Waals surface area (Å²) in [6.45, 7) is 3.29. The topological polar surface area (TPSA) is 53.9 Å². The van der Waals surface area contributed by atoms with Gasteiger partial charge in [-0.25, -0.2) is 0 Å². The van der Waals surface area contributed by atoms with E-state index in [1.165, 1.54) is 5.56 Å². The number of rotatable bonds is 5. The number of carbonyl (C=O) groups is 2. The summed E-state index contributed by atoms with van der Waals surface area (Å²) in [7, 11) is 1.87. The molecule has 130 valence electrons. The number of fused-ring (bicyclic) bond motifs is 1. The highest BCUT2D eigenvalue weighted by Crippen LogP contribution is 2.26. The average Bonchev–Trinajstić information content (AvgIpc) is 3.01. The lowest BCUT2D eigenvalue weighted by Gasteiger charge is -2.20. The predicted molar refractivity (Wildman–Crippen MR) is 98.9 cm³/mol. The third kappa shape index (κ3) is 4.25. The fourth-order valence-electron chi connectivity index (χ4n) is 3.13. The smallest absolute Gasteiger partial charge is 0.282 e. The minimum absolute atomic E-state index is 0.0607. The Labute approximate surface area is 148 Å². The molecule has 0 saturated heterocycles. The maximum absolute atomic E-state index is 12.6. The minimum atomic E-state index is -0.0871. The number of nitrogens with one attached hydrogen (secondary N) is 2. The number of aryl methyl sites for hydroxylation is 1. The van der Waals surface area contributed by atoms with E-state index < -0.39 is 0 Å². The molecule has 0 aliphatic carbocycles. The largest absolute Gasteiger partial charge is 0.322 e. The number of carbonyl (C=O) groups excluding carboxylic acids is 2. The van der Waals surface area contributed by atoms with E-state index in [2.05, 4.69) is 11.4 Å². The lowest BCUT2D eigenvalue weighted by molar-refractivity contribution is -0.862. The van der Waals surface area contributed by atoms with Crippen LogP contribution in [0.3, 0.4) is 0 Å². The van der Waals surface area contributed by atoms with Crippen LogP contribution in [-0.4, -0.2) is 38.5 Å². The van der Waals surface area contributed by atoms with Crippen molar-refractivity contribution in [1.29, 1.82) is 0 Å². The van der Waals surface area contributed by atoms with Crippen LogP contribution in [0.5, 0.6) is 0 Å². The van der Waals surface area contributed by atoms with Gasteiger partial charge in [-0.05, 0) is 37.1 Å². The lowest BCUT2D eigenvalue weighted by Crippen LogP contribution is -3.11. The zero-order chi connectivity index (χ0) is 17.8. The quantitative estimate of drug-likeness (QED) is 0.856. The second kappa shape index (κ2) is 7.49. The average molecular weight is 338 g/mol. The van der Waals surface area contributed by atoms with E-state index in [0.717, 1.165) is 34.8 Å². The molecule has 25 heavy (non-hydrogen) atoms. The van der Waals surface area contributed by atoms with E-state index in [9.17, 15) is 9.59 Å². The molecule has 0 saturated carbocycles.